The maximum atomic E-state index is 12.4. The molecule has 2 N–H and O–H groups in total. The Morgan fingerprint density at radius 2 is 1.76 bits per heavy atom. The van der Waals surface area contributed by atoms with Crippen LogP contribution in [0.25, 0.3) is 17.1 Å². The highest BCUT2D eigenvalue weighted by Crippen LogP contribution is 2.29. The summed E-state index contributed by atoms with van der Waals surface area (Å²) in [5, 5.41) is 22.7. The lowest BCUT2D eigenvalue weighted by Crippen LogP contribution is -2.20. The van der Waals surface area contributed by atoms with Gasteiger partial charge in [-0.15, -0.1) is 10.2 Å². The molecule has 4 aromatic rings. The van der Waals surface area contributed by atoms with Crippen LogP contribution in [0, 0.1) is 0 Å². The van der Waals surface area contributed by atoms with Gasteiger partial charge in [-0.25, -0.2) is 10.2 Å². The zero-order valence-corrected chi connectivity index (χ0v) is 21.2. The van der Waals surface area contributed by atoms with E-state index >= 15 is 0 Å². The van der Waals surface area contributed by atoms with Gasteiger partial charge in [0.15, 0.2) is 11.0 Å². The lowest BCUT2D eigenvalue weighted by molar-refractivity contribution is -0.118. The summed E-state index contributed by atoms with van der Waals surface area (Å²) < 4.78 is 7.41. The first kappa shape index (κ1) is 25.9. The monoisotopic (exact) mass is 535 g/mol. The Labute approximate surface area is 222 Å². The van der Waals surface area contributed by atoms with Crippen molar-refractivity contribution >= 4 is 41.5 Å². The highest BCUT2D eigenvalue weighted by molar-refractivity contribution is 7.99. The molecule has 0 bridgehead atoms. The Morgan fingerprint density at radius 1 is 1.05 bits per heavy atom. The fourth-order valence-electron chi connectivity index (χ4n) is 3.29. The second kappa shape index (κ2) is 12.2. The average Bonchev–Trinajstić information content (AvgIpc) is 3.33. The van der Waals surface area contributed by atoms with E-state index < -0.39 is 5.97 Å². The normalized spacial score (nSPS) is 11.0. The maximum Gasteiger partial charge on any atom is 0.335 e. The van der Waals surface area contributed by atoms with Gasteiger partial charge < -0.3 is 9.84 Å². The number of nitrogens with zero attached hydrogens (tertiary/aromatic N) is 4. The second-order valence-electron chi connectivity index (χ2n) is 7.58. The third-order valence-electron chi connectivity index (χ3n) is 5.03. The van der Waals surface area contributed by atoms with E-state index in [4.69, 9.17) is 21.4 Å². The number of benzene rings is 3. The molecule has 188 valence electrons. The van der Waals surface area contributed by atoms with Crippen molar-refractivity contribution in [3.05, 3.63) is 88.9 Å². The Bertz CT molecular complexity index is 1400. The highest BCUT2D eigenvalue weighted by atomic mass is 35.5. The van der Waals surface area contributed by atoms with Gasteiger partial charge in [0.1, 0.15) is 5.75 Å². The molecule has 4 rings (SSSR count). The number of halogens is 1. The number of rotatable bonds is 10. The summed E-state index contributed by atoms with van der Waals surface area (Å²) >= 11 is 7.27. The number of ether oxygens (including phenoxy) is 1. The van der Waals surface area contributed by atoms with E-state index in [1.165, 1.54) is 30.1 Å². The molecule has 1 aromatic heterocycles. The number of carboxylic acid groups (broad SMARTS) is 1. The minimum atomic E-state index is -1.01. The van der Waals surface area contributed by atoms with Crippen molar-refractivity contribution in [1.29, 1.82) is 0 Å². The zero-order chi connectivity index (χ0) is 26.2. The third kappa shape index (κ3) is 6.75. The van der Waals surface area contributed by atoms with Gasteiger partial charge in [-0.2, -0.15) is 5.10 Å². The van der Waals surface area contributed by atoms with Gasteiger partial charge >= 0.3 is 5.97 Å². The molecule has 0 aliphatic rings. The fourth-order valence-corrected chi connectivity index (χ4v) is 4.16. The standard InChI is InChI=1S/C26H22ClN5O4S/c1-2-36-22-13-11-21(12-14-22)32-24(18-7-9-20(27)10-8-18)30-31-26(32)37-16-23(33)29-28-15-17-3-5-19(6-4-17)25(34)35/h3-15H,2,16H2,1H3,(H,29,33)(H,34,35)/b28-15-. The zero-order valence-electron chi connectivity index (χ0n) is 19.7. The van der Waals surface area contributed by atoms with Crippen LogP contribution in [-0.4, -0.2) is 50.3 Å². The fraction of sp³-hybridized carbons (Fsp3) is 0.115. The molecule has 0 aliphatic heterocycles. The van der Waals surface area contributed by atoms with Crippen LogP contribution in [0.1, 0.15) is 22.8 Å². The molecule has 0 saturated heterocycles. The number of aromatic nitrogens is 3. The molecule has 1 amide bonds. The summed E-state index contributed by atoms with van der Waals surface area (Å²) in [7, 11) is 0. The Kier molecular flexibility index (Phi) is 8.55. The lowest BCUT2D eigenvalue weighted by Gasteiger charge is -2.11. The van der Waals surface area contributed by atoms with E-state index in [2.05, 4.69) is 20.7 Å². The summed E-state index contributed by atoms with van der Waals surface area (Å²) in [4.78, 5) is 23.4. The third-order valence-corrected chi connectivity index (χ3v) is 6.22. The van der Waals surface area contributed by atoms with Crippen molar-refractivity contribution in [2.24, 2.45) is 5.10 Å². The molecule has 3 aromatic carbocycles. The van der Waals surface area contributed by atoms with Crippen molar-refractivity contribution < 1.29 is 19.4 Å². The number of thioether (sulfide) groups is 1. The Morgan fingerprint density at radius 3 is 2.41 bits per heavy atom. The SMILES string of the molecule is CCOc1ccc(-n2c(SCC(=O)N/N=C\c3ccc(C(=O)O)cc3)nnc2-c2ccc(Cl)cc2)cc1. The van der Waals surface area contributed by atoms with E-state index in [0.29, 0.717) is 28.2 Å². The number of amides is 1. The highest BCUT2D eigenvalue weighted by Gasteiger charge is 2.17. The van der Waals surface area contributed by atoms with Gasteiger partial charge in [0.2, 0.25) is 0 Å². The maximum absolute atomic E-state index is 12.4. The molecule has 0 aliphatic carbocycles. The van der Waals surface area contributed by atoms with Crippen LogP contribution in [0.4, 0.5) is 0 Å². The topological polar surface area (TPSA) is 119 Å². The molecule has 0 fully saturated rings. The smallest absolute Gasteiger partial charge is 0.335 e. The molecule has 9 nitrogen and oxygen atoms in total. The van der Waals surface area contributed by atoms with Crippen molar-refractivity contribution in [3.63, 3.8) is 0 Å². The van der Waals surface area contributed by atoms with Crippen molar-refractivity contribution in [2.75, 3.05) is 12.4 Å². The molecule has 1 heterocycles. The van der Waals surface area contributed by atoms with E-state index in [-0.39, 0.29) is 17.2 Å². The van der Waals surface area contributed by atoms with Crippen LogP contribution in [0.3, 0.4) is 0 Å². The molecular formula is C26H22ClN5O4S. The first-order chi connectivity index (χ1) is 17.9. The molecule has 0 spiro atoms. The Hall–Kier alpha value is -4.15. The molecule has 0 unspecified atom stereocenters. The molecule has 37 heavy (non-hydrogen) atoms. The number of hydrogen-bond donors (Lipinski definition) is 2. The quantitative estimate of drug-likeness (QED) is 0.168. The summed E-state index contributed by atoms with van der Waals surface area (Å²) in [6, 6.07) is 20.9. The minimum Gasteiger partial charge on any atom is -0.494 e. The van der Waals surface area contributed by atoms with Crippen LogP contribution < -0.4 is 10.2 Å². The lowest BCUT2D eigenvalue weighted by atomic mass is 10.1. The average molecular weight is 536 g/mol. The summed E-state index contributed by atoms with van der Waals surface area (Å²) in [5.74, 6) is 0.0530. The van der Waals surface area contributed by atoms with Crippen molar-refractivity contribution in [1.82, 2.24) is 20.2 Å². The summed E-state index contributed by atoms with van der Waals surface area (Å²) in [6.45, 7) is 2.49. The first-order valence-electron chi connectivity index (χ1n) is 11.2. The first-order valence-corrected chi connectivity index (χ1v) is 12.5. The number of carbonyl (C=O) groups is 2. The van der Waals surface area contributed by atoms with Crippen LogP contribution in [-0.2, 0) is 4.79 Å². The molecule has 0 radical (unpaired) electrons. The van der Waals surface area contributed by atoms with E-state index in [0.717, 1.165) is 17.0 Å². The Balaban J connectivity index is 1.48. The van der Waals surface area contributed by atoms with Gasteiger partial charge in [0, 0.05) is 16.3 Å². The predicted octanol–water partition coefficient (Wildman–Crippen LogP) is 4.93. The van der Waals surface area contributed by atoms with Gasteiger partial charge in [-0.3, -0.25) is 9.36 Å². The van der Waals surface area contributed by atoms with E-state index in [1.807, 2.05) is 47.9 Å². The molecule has 0 atom stereocenters. The molecular weight excluding hydrogens is 514 g/mol. The minimum absolute atomic E-state index is 0.0467. The number of carboxylic acids is 1. The van der Waals surface area contributed by atoms with Crippen molar-refractivity contribution in [2.45, 2.75) is 12.1 Å². The number of nitrogens with one attached hydrogen (secondary N) is 1. The van der Waals surface area contributed by atoms with Gasteiger partial charge in [0.05, 0.1) is 24.1 Å². The second-order valence-corrected chi connectivity index (χ2v) is 8.96. The number of aromatic carboxylic acids is 1. The number of carbonyl (C=O) groups excluding carboxylic acids is 1. The van der Waals surface area contributed by atoms with Crippen LogP contribution in [0.15, 0.2) is 83.1 Å². The van der Waals surface area contributed by atoms with Crippen LogP contribution in [0.2, 0.25) is 5.02 Å². The van der Waals surface area contributed by atoms with Crippen LogP contribution in [0.5, 0.6) is 5.75 Å². The van der Waals surface area contributed by atoms with E-state index in [1.54, 1.807) is 24.3 Å². The van der Waals surface area contributed by atoms with Crippen molar-refractivity contribution in [3.8, 4) is 22.8 Å². The number of hydrogen-bond acceptors (Lipinski definition) is 7. The molecule has 0 saturated carbocycles. The summed E-state index contributed by atoms with van der Waals surface area (Å²) in [6.07, 6.45) is 1.44. The largest absolute Gasteiger partial charge is 0.494 e. The van der Waals surface area contributed by atoms with Gasteiger partial charge in [-0.1, -0.05) is 35.5 Å². The van der Waals surface area contributed by atoms with Crippen LogP contribution >= 0.6 is 23.4 Å². The van der Waals surface area contributed by atoms with E-state index in [9.17, 15) is 9.59 Å². The predicted molar refractivity (Wildman–Crippen MR) is 143 cm³/mol. The van der Waals surface area contributed by atoms with Gasteiger partial charge in [-0.05, 0) is 73.2 Å². The molecule has 11 heteroatoms. The summed E-state index contributed by atoms with van der Waals surface area (Å²) in [5.41, 5.74) is 4.93. The van der Waals surface area contributed by atoms with Gasteiger partial charge in [0.25, 0.3) is 5.91 Å². The number of hydrazone groups is 1.